The number of hydrogen-bond acceptors (Lipinski definition) is 5. The first-order valence-corrected chi connectivity index (χ1v) is 9.02. The van der Waals surface area contributed by atoms with Gasteiger partial charge in [-0.3, -0.25) is 4.79 Å². The Kier molecular flexibility index (Phi) is 6.44. The zero-order valence-corrected chi connectivity index (χ0v) is 15.7. The first kappa shape index (κ1) is 18.9. The normalized spacial score (nSPS) is 10.6. The number of hydrogen-bond donors (Lipinski definition) is 1. The highest BCUT2D eigenvalue weighted by Crippen LogP contribution is 2.19. The monoisotopic (exact) mass is 385 g/mol. The Morgan fingerprint density at radius 1 is 1.15 bits per heavy atom. The summed E-state index contributed by atoms with van der Waals surface area (Å²) >= 11 is 5.86. The van der Waals surface area contributed by atoms with Gasteiger partial charge in [-0.25, -0.2) is 0 Å². The van der Waals surface area contributed by atoms with E-state index in [0.29, 0.717) is 36.3 Å². The second kappa shape index (κ2) is 9.19. The van der Waals surface area contributed by atoms with Gasteiger partial charge in [0.05, 0.1) is 6.54 Å². The van der Waals surface area contributed by atoms with Crippen molar-refractivity contribution in [3.63, 3.8) is 0 Å². The molecular formula is C20H20ClN3O3. The number of halogens is 1. The molecule has 1 heterocycles. The van der Waals surface area contributed by atoms with E-state index >= 15 is 0 Å². The maximum Gasteiger partial charge on any atom is 0.227 e. The minimum atomic E-state index is -0.0891. The number of carbonyl (C=O) groups is 1. The van der Waals surface area contributed by atoms with Crippen LogP contribution in [-0.2, 0) is 11.2 Å². The van der Waals surface area contributed by atoms with E-state index in [1.165, 1.54) is 5.56 Å². The van der Waals surface area contributed by atoms with E-state index < -0.39 is 0 Å². The maximum absolute atomic E-state index is 11.9. The van der Waals surface area contributed by atoms with E-state index in [9.17, 15) is 4.79 Å². The van der Waals surface area contributed by atoms with E-state index in [1.54, 1.807) is 12.1 Å². The lowest BCUT2D eigenvalue weighted by Crippen LogP contribution is -2.28. The first-order valence-electron chi connectivity index (χ1n) is 8.65. The molecule has 0 fully saturated rings. The number of amides is 1. The minimum absolute atomic E-state index is 0.0891. The predicted octanol–water partition coefficient (Wildman–Crippen LogP) is 3.83. The minimum Gasteiger partial charge on any atom is -0.492 e. The smallest absolute Gasteiger partial charge is 0.227 e. The lowest BCUT2D eigenvalue weighted by atomic mass is 10.2. The molecule has 0 bridgehead atoms. The van der Waals surface area contributed by atoms with Crippen molar-refractivity contribution in [2.24, 2.45) is 0 Å². The summed E-state index contributed by atoms with van der Waals surface area (Å²) in [4.78, 5) is 16.2. The fourth-order valence-electron chi connectivity index (χ4n) is 2.38. The summed E-state index contributed by atoms with van der Waals surface area (Å²) < 4.78 is 10.8. The second-order valence-electron chi connectivity index (χ2n) is 6.03. The maximum atomic E-state index is 11.9. The molecule has 2 aromatic carbocycles. The third-order valence-electron chi connectivity index (χ3n) is 3.85. The van der Waals surface area contributed by atoms with Crippen LogP contribution in [-0.4, -0.2) is 29.2 Å². The van der Waals surface area contributed by atoms with Gasteiger partial charge in [0.2, 0.25) is 17.6 Å². The third-order valence-corrected chi connectivity index (χ3v) is 4.10. The Morgan fingerprint density at radius 2 is 1.89 bits per heavy atom. The summed E-state index contributed by atoms with van der Waals surface area (Å²) in [6.07, 6.45) is 0.651. The van der Waals surface area contributed by atoms with Crippen LogP contribution in [0.5, 0.6) is 5.75 Å². The van der Waals surface area contributed by atoms with Crippen molar-refractivity contribution in [1.82, 2.24) is 15.5 Å². The molecule has 0 atom stereocenters. The average Bonchev–Trinajstić information content (AvgIpc) is 3.14. The molecule has 3 rings (SSSR count). The molecule has 27 heavy (non-hydrogen) atoms. The summed E-state index contributed by atoms with van der Waals surface area (Å²) in [6.45, 7) is 2.87. The van der Waals surface area contributed by atoms with Gasteiger partial charge in [-0.15, -0.1) is 0 Å². The first-order chi connectivity index (χ1) is 13.1. The summed E-state index contributed by atoms with van der Waals surface area (Å²) in [5.74, 6) is 1.60. The molecule has 0 spiro atoms. The standard InChI is InChI=1S/C20H20ClN3O3/c1-14-2-8-17(9-3-14)26-13-12-22-18(25)10-11-19-23-20(24-27-19)15-4-6-16(21)7-5-15/h2-9H,10-13H2,1H3,(H,22,25). The van der Waals surface area contributed by atoms with Gasteiger partial charge in [0, 0.05) is 23.4 Å². The van der Waals surface area contributed by atoms with Crippen LogP contribution in [0.25, 0.3) is 11.4 Å². The fraction of sp³-hybridized carbons (Fsp3) is 0.250. The van der Waals surface area contributed by atoms with Crippen molar-refractivity contribution < 1.29 is 14.1 Å². The number of nitrogens with zero attached hydrogens (tertiary/aromatic N) is 2. The van der Waals surface area contributed by atoms with Crippen molar-refractivity contribution in [2.45, 2.75) is 19.8 Å². The fourth-order valence-corrected chi connectivity index (χ4v) is 2.50. The third kappa shape index (κ3) is 5.82. The van der Waals surface area contributed by atoms with Gasteiger partial charge < -0.3 is 14.6 Å². The number of carbonyl (C=O) groups excluding carboxylic acids is 1. The van der Waals surface area contributed by atoms with E-state index in [1.807, 2.05) is 43.3 Å². The Balaban J connectivity index is 1.38. The molecule has 0 radical (unpaired) electrons. The molecule has 3 aromatic rings. The summed E-state index contributed by atoms with van der Waals surface area (Å²) in [6, 6.07) is 14.9. The van der Waals surface area contributed by atoms with Crippen molar-refractivity contribution in [3.05, 3.63) is 65.0 Å². The van der Waals surface area contributed by atoms with Crippen molar-refractivity contribution in [1.29, 1.82) is 0 Å². The van der Waals surface area contributed by atoms with E-state index in [4.69, 9.17) is 20.9 Å². The van der Waals surface area contributed by atoms with E-state index in [-0.39, 0.29) is 12.3 Å². The van der Waals surface area contributed by atoms with E-state index in [2.05, 4.69) is 15.5 Å². The Bertz CT molecular complexity index is 876. The molecule has 0 aliphatic carbocycles. The zero-order valence-electron chi connectivity index (χ0n) is 14.9. The quantitative estimate of drug-likeness (QED) is 0.596. The lowest BCUT2D eigenvalue weighted by molar-refractivity contribution is -0.121. The molecular weight excluding hydrogens is 366 g/mol. The molecule has 1 N–H and O–H groups in total. The molecule has 7 heteroatoms. The Labute approximate surface area is 162 Å². The van der Waals surface area contributed by atoms with Crippen LogP contribution >= 0.6 is 11.6 Å². The van der Waals surface area contributed by atoms with Crippen molar-refractivity contribution in [3.8, 4) is 17.1 Å². The van der Waals surface area contributed by atoms with Crippen LogP contribution in [0.3, 0.4) is 0 Å². The molecule has 0 saturated carbocycles. The van der Waals surface area contributed by atoms with Gasteiger partial charge in [0.15, 0.2) is 0 Å². The van der Waals surface area contributed by atoms with Crippen LogP contribution in [0, 0.1) is 6.92 Å². The highest BCUT2D eigenvalue weighted by molar-refractivity contribution is 6.30. The Morgan fingerprint density at radius 3 is 2.63 bits per heavy atom. The molecule has 1 aromatic heterocycles. The van der Waals surface area contributed by atoms with Gasteiger partial charge in [0.1, 0.15) is 12.4 Å². The van der Waals surface area contributed by atoms with Gasteiger partial charge in [-0.2, -0.15) is 4.98 Å². The average molecular weight is 386 g/mol. The highest BCUT2D eigenvalue weighted by atomic mass is 35.5. The van der Waals surface area contributed by atoms with Crippen LogP contribution in [0.2, 0.25) is 5.02 Å². The molecule has 140 valence electrons. The molecule has 0 aliphatic heterocycles. The van der Waals surface area contributed by atoms with Gasteiger partial charge >= 0.3 is 0 Å². The molecule has 0 saturated heterocycles. The Hall–Kier alpha value is -2.86. The van der Waals surface area contributed by atoms with Gasteiger partial charge in [-0.1, -0.05) is 34.5 Å². The number of aryl methyl sites for hydroxylation is 2. The van der Waals surface area contributed by atoms with Crippen molar-refractivity contribution in [2.75, 3.05) is 13.2 Å². The van der Waals surface area contributed by atoms with Crippen LogP contribution in [0.4, 0.5) is 0 Å². The van der Waals surface area contributed by atoms with E-state index in [0.717, 1.165) is 11.3 Å². The second-order valence-corrected chi connectivity index (χ2v) is 6.47. The SMILES string of the molecule is Cc1ccc(OCCNC(=O)CCc2nc(-c3ccc(Cl)cc3)no2)cc1. The topological polar surface area (TPSA) is 77.2 Å². The van der Waals surface area contributed by atoms with Gasteiger partial charge in [-0.05, 0) is 43.3 Å². The number of rotatable bonds is 8. The summed E-state index contributed by atoms with van der Waals surface area (Å²) in [7, 11) is 0. The summed E-state index contributed by atoms with van der Waals surface area (Å²) in [5, 5.41) is 7.38. The number of benzene rings is 2. The van der Waals surface area contributed by atoms with Crippen LogP contribution < -0.4 is 10.1 Å². The van der Waals surface area contributed by atoms with Gasteiger partial charge in [0.25, 0.3) is 0 Å². The molecule has 6 nitrogen and oxygen atoms in total. The van der Waals surface area contributed by atoms with Crippen molar-refractivity contribution >= 4 is 17.5 Å². The predicted molar refractivity (Wildman–Crippen MR) is 103 cm³/mol. The lowest BCUT2D eigenvalue weighted by Gasteiger charge is -2.07. The number of aromatic nitrogens is 2. The highest BCUT2D eigenvalue weighted by Gasteiger charge is 2.10. The molecule has 0 aliphatic rings. The largest absolute Gasteiger partial charge is 0.492 e. The van der Waals surface area contributed by atoms with Crippen LogP contribution in [0.15, 0.2) is 53.1 Å². The zero-order chi connectivity index (χ0) is 19.1. The van der Waals surface area contributed by atoms with Crippen LogP contribution in [0.1, 0.15) is 17.9 Å². The number of nitrogens with one attached hydrogen (secondary N) is 1. The summed E-state index contributed by atoms with van der Waals surface area (Å²) in [5.41, 5.74) is 1.99. The molecule has 1 amide bonds. The number of ether oxygens (including phenoxy) is 1. The molecule has 0 unspecified atom stereocenters.